The molecule has 10 heteroatoms. The number of amides is 2. The molecule has 4 N–H and O–H groups in total. The number of benzene rings is 2. The summed E-state index contributed by atoms with van der Waals surface area (Å²) in [6.07, 6.45) is -0.584. The average Bonchev–Trinajstić information content (AvgIpc) is 3.30. The van der Waals surface area contributed by atoms with E-state index in [1.165, 1.54) is 12.6 Å². The quantitative estimate of drug-likeness (QED) is 0.403. The van der Waals surface area contributed by atoms with E-state index in [-0.39, 0.29) is 31.1 Å². The van der Waals surface area contributed by atoms with Crippen molar-refractivity contribution in [3.05, 3.63) is 58.6 Å². The van der Waals surface area contributed by atoms with E-state index in [0.29, 0.717) is 37.6 Å². The molecule has 2 aliphatic rings. The van der Waals surface area contributed by atoms with Crippen LogP contribution in [0.3, 0.4) is 0 Å². The summed E-state index contributed by atoms with van der Waals surface area (Å²) in [5.41, 5.74) is 9.78. The SMILES string of the molecule is CCc1cccc(-c2c(Cl)cccc2[C@H](OCCOC(=O)NC)[C@H]2CN(C(=O)[C@H]3C[C@@H](N)[C@@H](O)C3)CCO2)c1. The molecule has 2 fully saturated rings. The third-order valence-electron chi connectivity index (χ3n) is 7.46. The van der Waals surface area contributed by atoms with Gasteiger partial charge in [-0.15, -0.1) is 0 Å². The van der Waals surface area contributed by atoms with Gasteiger partial charge in [0.05, 0.1) is 19.3 Å². The zero-order valence-corrected chi connectivity index (χ0v) is 23.2. The molecule has 0 spiro atoms. The van der Waals surface area contributed by atoms with Gasteiger partial charge in [0.1, 0.15) is 18.8 Å². The topological polar surface area (TPSA) is 123 Å². The second-order valence-electron chi connectivity index (χ2n) is 10.0. The fourth-order valence-electron chi connectivity index (χ4n) is 5.37. The molecule has 9 nitrogen and oxygen atoms in total. The Morgan fingerprint density at radius 1 is 1.23 bits per heavy atom. The summed E-state index contributed by atoms with van der Waals surface area (Å²) in [4.78, 5) is 26.7. The molecule has 5 atom stereocenters. The number of nitrogens with zero attached hydrogens (tertiary/aromatic N) is 1. The van der Waals surface area contributed by atoms with Crippen LogP contribution in [-0.2, 0) is 25.4 Å². The summed E-state index contributed by atoms with van der Waals surface area (Å²) in [5.74, 6) is -0.341. The smallest absolute Gasteiger partial charge is 0.406 e. The van der Waals surface area contributed by atoms with Crippen molar-refractivity contribution in [2.75, 3.05) is 40.0 Å². The lowest BCUT2D eigenvalue weighted by atomic mass is 9.91. The minimum absolute atomic E-state index is 0.0287. The van der Waals surface area contributed by atoms with Gasteiger partial charge in [-0.2, -0.15) is 0 Å². The van der Waals surface area contributed by atoms with Gasteiger partial charge in [-0.1, -0.05) is 54.9 Å². The molecule has 2 aromatic rings. The van der Waals surface area contributed by atoms with Crippen LogP contribution in [0.25, 0.3) is 11.1 Å². The third-order valence-corrected chi connectivity index (χ3v) is 7.78. The normalized spacial score (nSPS) is 23.9. The van der Waals surface area contributed by atoms with Crippen molar-refractivity contribution in [3.8, 4) is 11.1 Å². The summed E-state index contributed by atoms with van der Waals surface area (Å²) in [7, 11) is 1.49. The molecular weight excluding hydrogens is 522 g/mol. The van der Waals surface area contributed by atoms with Gasteiger partial charge in [-0.3, -0.25) is 4.79 Å². The zero-order valence-electron chi connectivity index (χ0n) is 22.5. The molecule has 1 aliphatic heterocycles. The Hall–Kier alpha value is -2.69. The highest BCUT2D eigenvalue weighted by Gasteiger charge is 2.40. The Labute approximate surface area is 234 Å². The fraction of sp³-hybridized carbons (Fsp3) is 0.517. The van der Waals surface area contributed by atoms with E-state index in [1.54, 1.807) is 4.90 Å². The van der Waals surface area contributed by atoms with Gasteiger partial charge in [-0.05, 0) is 42.0 Å². The zero-order chi connectivity index (χ0) is 27.9. The van der Waals surface area contributed by atoms with E-state index >= 15 is 0 Å². The number of carbonyl (C=O) groups excluding carboxylic acids is 2. The Morgan fingerprint density at radius 3 is 2.74 bits per heavy atom. The molecule has 212 valence electrons. The number of morpholine rings is 1. The number of rotatable bonds is 9. The second kappa shape index (κ2) is 13.6. The van der Waals surface area contributed by atoms with Gasteiger partial charge in [0.15, 0.2) is 0 Å². The predicted octanol–water partition coefficient (Wildman–Crippen LogP) is 3.31. The van der Waals surface area contributed by atoms with Crippen LogP contribution in [0.2, 0.25) is 5.02 Å². The number of aryl methyl sites for hydroxylation is 1. The van der Waals surface area contributed by atoms with Crippen molar-refractivity contribution < 1.29 is 28.9 Å². The van der Waals surface area contributed by atoms with Crippen molar-refractivity contribution >= 4 is 23.6 Å². The van der Waals surface area contributed by atoms with Gasteiger partial charge in [0, 0.05) is 42.7 Å². The van der Waals surface area contributed by atoms with Crippen molar-refractivity contribution in [2.24, 2.45) is 11.7 Å². The molecule has 1 heterocycles. The van der Waals surface area contributed by atoms with Gasteiger partial charge in [0.2, 0.25) is 5.91 Å². The highest BCUT2D eigenvalue weighted by molar-refractivity contribution is 6.33. The first-order valence-electron chi connectivity index (χ1n) is 13.5. The standard InChI is InChI=1S/C29H38ClN3O6/c1-3-18-6-4-7-19(14-18)26-21(8-5-9-22(26)30)27(38-12-13-39-29(36)32-2)25-17-33(10-11-37-25)28(35)20-15-23(31)24(34)16-20/h4-9,14,20,23-25,27,34H,3,10-13,15-17,31H2,1-2H3,(H,32,36)/t20-,23+,24-,25+,27-/m0/s1. The number of halogens is 1. The maximum absolute atomic E-state index is 13.4. The Kier molecular flexibility index (Phi) is 10.2. The lowest BCUT2D eigenvalue weighted by Crippen LogP contribution is -2.50. The van der Waals surface area contributed by atoms with E-state index < -0.39 is 24.4 Å². The van der Waals surface area contributed by atoms with Gasteiger partial charge >= 0.3 is 6.09 Å². The number of aliphatic hydroxyl groups excluding tert-OH is 1. The predicted molar refractivity (Wildman–Crippen MR) is 148 cm³/mol. The van der Waals surface area contributed by atoms with Crippen LogP contribution in [0.5, 0.6) is 0 Å². The van der Waals surface area contributed by atoms with Crippen LogP contribution in [0, 0.1) is 5.92 Å². The van der Waals surface area contributed by atoms with E-state index in [4.69, 9.17) is 31.5 Å². The highest BCUT2D eigenvalue weighted by Crippen LogP contribution is 2.39. The summed E-state index contributed by atoms with van der Waals surface area (Å²) in [6.45, 7) is 3.37. The Balaban J connectivity index is 1.62. The van der Waals surface area contributed by atoms with Crippen molar-refractivity contribution in [2.45, 2.75) is 50.5 Å². The van der Waals surface area contributed by atoms with E-state index in [2.05, 4.69) is 24.4 Å². The number of alkyl carbamates (subject to hydrolysis) is 1. The van der Waals surface area contributed by atoms with Crippen molar-refractivity contribution in [1.82, 2.24) is 10.2 Å². The van der Waals surface area contributed by atoms with E-state index in [1.807, 2.05) is 30.3 Å². The molecule has 2 aromatic carbocycles. The van der Waals surface area contributed by atoms with Gasteiger partial charge in [0.25, 0.3) is 0 Å². The molecule has 4 rings (SSSR count). The second-order valence-corrected chi connectivity index (χ2v) is 10.4. The van der Waals surface area contributed by atoms with Gasteiger partial charge < -0.3 is 35.3 Å². The largest absolute Gasteiger partial charge is 0.447 e. The van der Waals surface area contributed by atoms with E-state index in [0.717, 1.165) is 23.1 Å². The lowest BCUT2D eigenvalue weighted by molar-refractivity contribution is -0.153. The monoisotopic (exact) mass is 559 g/mol. The summed E-state index contributed by atoms with van der Waals surface area (Å²) in [6, 6.07) is 13.5. The number of carbonyl (C=O) groups is 2. The van der Waals surface area contributed by atoms with Crippen LogP contribution < -0.4 is 11.1 Å². The number of nitrogens with one attached hydrogen (secondary N) is 1. The molecule has 39 heavy (non-hydrogen) atoms. The van der Waals surface area contributed by atoms with Crippen LogP contribution >= 0.6 is 11.6 Å². The maximum Gasteiger partial charge on any atom is 0.406 e. The molecule has 1 saturated carbocycles. The Morgan fingerprint density at radius 2 is 2.03 bits per heavy atom. The molecular formula is C29H38ClN3O6. The molecule has 1 aliphatic carbocycles. The number of hydrogen-bond donors (Lipinski definition) is 3. The highest BCUT2D eigenvalue weighted by atomic mass is 35.5. The minimum Gasteiger partial charge on any atom is -0.447 e. The minimum atomic E-state index is -0.667. The van der Waals surface area contributed by atoms with Crippen molar-refractivity contribution in [1.29, 1.82) is 0 Å². The molecule has 0 radical (unpaired) electrons. The number of nitrogens with two attached hydrogens (primary N) is 1. The van der Waals surface area contributed by atoms with Gasteiger partial charge in [-0.25, -0.2) is 4.79 Å². The third kappa shape index (κ3) is 7.10. The lowest BCUT2D eigenvalue weighted by Gasteiger charge is -2.38. The molecule has 0 bridgehead atoms. The number of hydrogen-bond acceptors (Lipinski definition) is 7. The average molecular weight is 560 g/mol. The summed E-state index contributed by atoms with van der Waals surface area (Å²) < 4.78 is 17.7. The fourth-order valence-corrected chi connectivity index (χ4v) is 5.67. The molecule has 2 amide bonds. The van der Waals surface area contributed by atoms with Crippen molar-refractivity contribution in [3.63, 3.8) is 0 Å². The first-order valence-corrected chi connectivity index (χ1v) is 13.9. The molecule has 0 aromatic heterocycles. The Bertz CT molecular complexity index is 1140. The first-order chi connectivity index (χ1) is 18.8. The number of aliphatic hydroxyl groups is 1. The summed E-state index contributed by atoms with van der Waals surface area (Å²) in [5, 5.41) is 13.1. The van der Waals surface area contributed by atoms with Crippen LogP contribution in [0.4, 0.5) is 4.79 Å². The van der Waals surface area contributed by atoms with Crippen LogP contribution in [0.15, 0.2) is 42.5 Å². The van der Waals surface area contributed by atoms with E-state index in [9.17, 15) is 14.7 Å². The van der Waals surface area contributed by atoms with Crippen LogP contribution in [0.1, 0.15) is 37.0 Å². The summed E-state index contributed by atoms with van der Waals surface area (Å²) >= 11 is 6.78. The number of ether oxygens (including phenoxy) is 3. The first kappa shape index (κ1) is 29.3. The van der Waals surface area contributed by atoms with Crippen LogP contribution in [-0.4, -0.2) is 80.2 Å². The maximum atomic E-state index is 13.4. The molecule has 1 saturated heterocycles. The molecule has 0 unspecified atom stereocenters.